The second-order valence-corrected chi connectivity index (χ2v) is 3.63. The summed E-state index contributed by atoms with van der Waals surface area (Å²) in [4.78, 5) is 11.3. The van der Waals surface area contributed by atoms with Crippen molar-refractivity contribution in [1.29, 1.82) is 0 Å². The molecule has 0 spiro atoms. The lowest BCUT2D eigenvalue weighted by Crippen LogP contribution is -2.29. The van der Waals surface area contributed by atoms with Gasteiger partial charge in [0.25, 0.3) is 0 Å². The number of amides is 1. The molecule has 3 nitrogen and oxygen atoms in total. The van der Waals surface area contributed by atoms with Crippen LogP contribution in [0.4, 0.5) is 0 Å². The Kier molecular flexibility index (Phi) is 7.60. The normalized spacial score (nSPS) is 9.38. The lowest BCUT2D eigenvalue weighted by atomic mass is 10.1. The van der Waals surface area contributed by atoms with Crippen LogP contribution in [0.2, 0.25) is 0 Å². The van der Waals surface area contributed by atoms with Crippen molar-refractivity contribution in [1.82, 2.24) is 5.32 Å². The zero-order valence-corrected chi connectivity index (χ0v) is 10.3. The van der Waals surface area contributed by atoms with Crippen molar-refractivity contribution < 1.29 is 4.79 Å². The quantitative estimate of drug-likeness (QED) is 0.821. The van der Waals surface area contributed by atoms with E-state index >= 15 is 0 Å². The number of nitrogens with two attached hydrogens (primary N) is 1. The molecule has 3 N–H and O–H groups in total. The highest BCUT2D eigenvalue weighted by atomic mass is 35.5. The van der Waals surface area contributed by atoms with Crippen LogP contribution in [0.15, 0.2) is 24.3 Å². The van der Waals surface area contributed by atoms with E-state index in [4.69, 9.17) is 5.73 Å². The first-order valence-electron chi connectivity index (χ1n) is 5.24. The zero-order chi connectivity index (χ0) is 11.1. The van der Waals surface area contributed by atoms with E-state index in [1.165, 1.54) is 11.1 Å². The summed E-state index contributed by atoms with van der Waals surface area (Å²) in [5.74, 6) is 0.0713. The number of hydrogen-bond acceptors (Lipinski definition) is 2. The molecule has 0 saturated carbocycles. The Hall–Kier alpha value is -1.06. The minimum absolute atomic E-state index is 0. The zero-order valence-electron chi connectivity index (χ0n) is 9.53. The molecule has 0 saturated heterocycles. The summed E-state index contributed by atoms with van der Waals surface area (Å²) < 4.78 is 0. The maximum absolute atomic E-state index is 11.3. The number of benzene rings is 1. The second-order valence-electron chi connectivity index (χ2n) is 3.63. The van der Waals surface area contributed by atoms with Crippen LogP contribution in [-0.2, 0) is 11.2 Å². The molecule has 90 valence electrons. The molecule has 0 aliphatic rings. The van der Waals surface area contributed by atoms with Crippen molar-refractivity contribution in [3.63, 3.8) is 0 Å². The van der Waals surface area contributed by atoms with Crippen molar-refractivity contribution in [2.45, 2.75) is 19.8 Å². The Morgan fingerprint density at radius 3 is 2.81 bits per heavy atom. The van der Waals surface area contributed by atoms with E-state index in [9.17, 15) is 4.79 Å². The smallest absolute Gasteiger partial charge is 0.220 e. The van der Waals surface area contributed by atoms with E-state index in [2.05, 4.69) is 24.4 Å². The number of halogens is 1. The molecule has 0 fully saturated rings. The van der Waals surface area contributed by atoms with Crippen LogP contribution in [0.1, 0.15) is 17.5 Å². The maximum Gasteiger partial charge on any atom is 0.220 e. The third-order valence-electron chi connectivity index (χ3n) is 2.19. The van der Waals surface area contributed by atoms with Gasteiger partial charge in [0.1, 0.15) is 0 Å². The van der Waals surface area contributed by atoms with Gasteiger partial charge in [-0.15, -0.1) is 12.4 Å². The fourth-order valence-corrected chi connectivity index (χ4v) is 1.43. The molecule has 0 atom stereocenters. The number of carbonyl (C=O) groups is 1. The van der Waals surface area contributed by atoms with Crippen LogP contribution < -0.4 is 11.1 Å². The summed E-state index contributed by atoms with van der Waals surface area (Å²) >= 11 is 0. The molecule has 0 bridgehead atoms. The minimum Gasteiger partial charge on any atom is -0.355 e. The molecule has 1 aromatic rings. The second kappa shape index (κ2) is 8.13. The average molecular weight is 243 g/mol. The molecule has 16 heavy (non-hydrogen) atoms. The minimum atomic E-state index is 0. The van der Waals surface area contributed by atoms with Gasteiger partial charge in [-0.25, -0.2) is 0 Å². The van der Waals surface area contributed by atoms with E-state index in [-0.39, 0.29) is 18.3 Å². The van der Waals surface area contributed by atoms with Gasteiger partial charge in [-0.05, 0) is 18.9 Å². The van der Waals surface area contributed by atoms with Gasteiger partial charge in [0.05, 0.1) is 0 Å². The van der Waals surface area contributed by atoms with Crippen molar-refractivity contribution in [2.75, 3.05) is 13.1 Å². The molecule has 0 aromatic heterocycles. The van der Waals surface area contributed by atoms with Crippen molar-refractivity contribution in [3.05, 3.63) is 35.4 Å². The van der Waals surface area contributed by atoms with Crippen LogP contribution in [-0.4, -0.2) is 19.0 Å². The number of hydrogen-bond donors (Lipinski definition) is 2. The van der Waals surface area contributed by atoms with E-state index < -0.39 is 0 Å². The largest absolute Gasteiger partial charge is 0.355 e. The molecule has 1 rings (SSSR count). The Morgan fingerprint density at radius 2 is 2.19 bits per heavy atom. The summed E-state index contributed by atoms with van der Waals surface area (Å²) in [6, 6.07) is 8.22. The van der Waals surface area contributed by atoms with Crippen molar-refractivity contribution >= 4 is 18.3 Å². The highest BCUT2D eigenvalue weighted by Gasteiger charge is 2.00. The van der Waals surface area contributed by atoms with Gasteiger partial charge in [0, 0.05) is 19.5 Å². The maximum atomic E-state index is 11.3. The summed E-state index contributed by atoms with van der Waals surface area (Å²) in [6.45, 7) is 3.11. The fourth-order valence-electron chi connectivity index (χ4n) is 1.43. The molecule has 0 heterocycles. The van der Waals surface area contributed by atoms with Gasteiger partial charge in [-0.3, -0.25) is 4.79 Å². The topological polar surface area (TPSA) is 55.1 Å². The number of nitrogens with one attached hydrogen (secondary N) is 1. The van der Waals surface area contributed by atoms with Crippen LogP contribution in [0.3, 0.4) is 0 Å². The fraction of sp³-hybridized carbons (Fsp3) is 0.417. The van der Waals surface area contributed by atoms with Crippen LogP contribution >= 0.6 is 12.4 Å². The lowest BCUT2D eigenvalue weighted by Gasteiger charge is -2.04. The first kappa shape index (κ1) is 14.9. The van der Waals surface area contributed by atoms with Gasteiger partial charge in [-0.2, -0.15) is 0 Å². The Bertz CT molecular complexity index is 329. The Labute approximate surface area is 103 Å². The van der Waals surface area contributed by atoms with Crippen molar-refractivity contribution in [2.24, 2.45) is 5.73 Å². The van der Waals surface area contributed by atoms with E-state index in [0.717, 1.165) is 6.42 Å². The molecule has 1 amide bonds. The SMILES string of the molecule is Cc1cccc(CCC(=O)NCCN)c1.Cl. The summed E-state index contributed by atoms with van der Waals surface area (Å²) in [7, 11) is 0. The van der Waals surface area contributed by atoms with Gasteiger partial charge in [-0.1, -0.05) is 29.8 Å². The molecule has 4 heteroatoms. The predicted molar refractivity (Wildman–Crippen MR) is 68.8 cm³/mol. The molecule has 0 aliphatic carbocycles. The molecular weight excluding hydrogens is 224 g/mol. The molecule has 0 aliphatic heterocycles. The first-order valence-corrected chi connectivity index (χ1v) is 5.24. The molecule has 0 radical (unpaired) electrons. The number of rotatable bonds is 5. The Balaban J connectivity index is 0.00000225. The third kappa shape index (κ3) is 5.73. The summed E-state index contributed by atoms with van der Waals surface area (Å²) in [5, 5.41) is 2.75. The summed E-state index contributed by atoms with van der Waals surface area (Å²) in [5.41, 5.74) is 7.73. The lowest BCUT2D eigenvalue weighted by molar-refractivity contribution is -0.120. The van der Waals surface area contributed by atoms with E-state index in [1.54, 1.807) is 0 Å². The van der Waals surface area contributed by atoms with Gasteiger partial charge in [0.15, 0.2) is 0 Å². The number of carbonyl (C=O) groups excluding carboxylic acids is 1. The van der Waals surface area contributed by atoms with Crippen LogP contribution in [0, 0.1) is 6.92 Å². The predicted octanol–water partition coefficient (Wildman–Crippen LogP) is 1.42. The van der Waals surface area contributed by atoms with Gasteiger partial charge >= 0.3 is 0 Å². The van der Waals surface area contributed by atoms with Crippen molar-refractivity contribution in [3.8, 4) is 0 Å². The number of aryl methyl sites for hydroxylation is 2. The van der Waals surface area contributed by atoms with E-state index in [0.29, 0.717) is 19.5 Å². The monoisotopic (exact) mass is 242 g/mol. The standard InChI is InChI=1S/C12H18N2O.ClH/c1-10-3-2-4-11(9-10)5-6-12(15)14-8-7-13;/h2-4,9H,5-8,13H2,1H3,(H,14,15);1H. The highest BCUT2D eigenvalue weighted by molar-refractivity contribution is 5.85. The third-order valence-corrected chi connectivity index (χ3v) is 2.19. The molecular formula is C12H19ClN2O. The molecule has 1 aromatic carbocycles. The van der Waals surface area contributed by atoms with Gasteiger partial charge < -0.3 is 11.1 Å². The summed E-state index contributed by atoms with van der Waals surface area (Å²) in [6.07, 6.45) is 1.32. The average Bonchev–Trinajstić information content (AvgIpc) is 2.23. The molecule has 0 unspecified atom stereocenters. The Morgan fingerprint density at radius 1 is 1.44 bits per heavy atom. The van der Waals surface area contributed by atoms with Gasteiger partial charge in [0.2, 0.25) is 5.91 Å². The van der Waals surface area contributed by atoms with Crippen LogP contribution in [0.5, 0.6) is 0 Å². The first-order chi connectivity index (χ1) is 7.22. The van der Waals surface area contributed by atoms with E-state index in [1.807, 2.05) is 12.1 Å². The highest BCUT2D eigenvalue weighted by Crippen LogP contribution is 2.06. The van der Waals surface area contributed by atoms with Crippen LogP contribution in [0.25, 0.3) is 0 Å².